The molecule has 0 atom stereocenters. The van der Waals surface area contributed by atoms with Gasteiger partial charge in [-0.1, -0.05) is 36.4 Å². The van der Waals surface area contributed by atoms with Gasteiger partial charge in [0.1, 0.15) is 0 Å². The quantitative estimate of drug-likeness (QED) is 0.492. The van der Waals surface area contributed by atoms with E-state index in [1.807, 2.05) is 7.05 Å². The maximum Gasteiger partial charge on any atom is 0.191 e. The second-order valence-corrected chi connectivity index (χ2v) is 6.42. The Labute approximate surface area is 144 Å². The summed E-state index contributed by atoms with van der Waals surface area (Å²) in [6.07, 6.45) is 6.60. The van der Waals surface area contributed by atoms with Gasteiger partial charge in [-0.15, -0.1) is 0 Å². The van der Waals surface area contributed by atoms with E-state index in [4.69, 9.17) is 4.74 Å². The molecule has 0 spiro atoms. The smallest absolute Gasteiger partial charge is 0.191 e. The van der Waals surface area contributed by atoms with E-state index < -0.39 is 0 Å². The van der Waals surface area contributed by atoms with Crippen molar-refractivity contribution in [2.75, 3.05) is 33.4 Å². The minimum absolute atomic E-state index is 0.476. The molecule has 2 N–H and O–H groups in total. The van der Waals surface area contributed by atoms with E-state index in [0.717, 1.165) is 58.2 Å². The average molecular weight is 328 g/mol. The first-order chi connectivity index (χ1) is 11.8. The highest BCUT2D eigenvalue weighted by Gasteiger charge is 2.12. The van der Waals surface area contributed by atoms with Crippen LogP contribution in [0.25, 0.3) is 0 Å². The molecular formula is C19H28N4O. The van der Waals surface area contributed by atoms with E-state index in [1.165, 1.54) is 11.1 Å². The number of morpholine rings is 1. The Morgan fingerprint density at radius 3 is 2.71 bits per heavy atom. The van der Waals surface area contributed by atoms with Crippen LogP contribution in [0.4, 0.5) is 0 Å². The van der Waals surface area contributed by atoms with E-state index in [9.17, 15) is 0 Å². The van der Waals surface area contributed by atoms with E-state index in [-0.39, 0.29) is 0 Å². The highest BCUT2D eigenvalue weighted by Crippen LogP contribution is 2.11. The Morgan fingerprint density at radius 2 is 1.96 bits per heavy atom. The van der Waals surface area contributed by atoms with Crippen LogP contribution in [-0.4, -0.2) is 50.3 Å². The maximum atomic E-state index is 5.42. The van der Waals surface area contributed by atoms with Crippen molar-refractivity contribution < 1.29 is 4.74 Å². The van der Waals surface area contributed by atoms with Crippen molar-refractivity contribution in [1.82, 2.24) is 15.5 Å². The van der Waals surface area contributed by atoms with Crippen molar-refractivity contribution >= 4 is 5.96 Å². The largest absolute Gasteiger partial charge is 0.379 e. The van der Waals surface area contributed by atoms with Crippen molar-refractivity contribution in [2.45, 2.75) is 32.0 Å². The maximum absolute atomic E-state index is 5.42. The Kier molecular flexibility index (Phi) is 6.26. The lowest BCUT2D eigenvalue weighted by Gasteiger charge is -2.26. The van der Waals surface area contributed by atoms with Crippen molar-refractivity contribution in [1.29, 1.82) is 0 Å². The summed E-state index contributed by atoms with van der Waals surface area (Å²) in [5, 5.41) is 6.89. The number of ether oxygens (including phenoxy) is 1. The molecule has 2 aliphatic rings. The summed E-state index contributed by atoms with van der Waals surface area (Å²) in [5.41, 5.74) is 2.65. The molecule has 1 aliphatic carbocycles. The van der Waals surface area contributed by atoms with Crippen LogP contribution in [-0.2, 0) is 17.8 Å². The number of nitrogens with one attached hydrogen (secondary N) is 2. The summed E-state index contributed by atoms with van der Waals surface area (Å²) in [5.74, 6) is 0.877. The second kappa shape index (κ2) is 8.85. The summed E-state index contributed by atoms with van der Waals surface area (Å²) in [7, 11) is 1.83. The van der Waals surface area contributed by atoms with Crippen molar-refractivity contribution in [3.8, 4) is 0 Å². The molecule has 1 aromatic rings. The third kappa shape index (κ3) is 5.08. The van der Waals surface area contributed by atoms with Gasteiger partial charge in [0.15, 0.2) is 5.96 Å². The predicted molar refractivity (Wildman–Crippen MR) is 98.0 cm³/mol. The molecule has 1 aliphatic heterocycles. The summed E-state index contributed by atoms with van der Waals surface area (Å²) in [6, 6.07) is 9.27. The molecule has 0 radical (unpaired) electrons. The van der Waals surface area contributed by atoms with Crippen LogP contribution in [0.5, 0.6) is 0 Å². The summed E-state index contributed by atoms with van der Waals surface area (Å²) in [6.45, 7) is 5.52. The lowest BCUT2D eigenvalue weighted by Crippen LogP contribution is -2.42. The van der Waals surface area contributed by atoms with Crippen LogP contribution >= 0.6 is 0 Å². The van der Waals surface area contributed by atoms with Crippen molar-refractivity contribution in [3.63, 3.8) is 0 Å². The predicted octanol–water partition coefficient (Wildman–Crippen LogP) is 1.90. The summed E-state index contributed by atoms with van der Waals surface area (Å²) < 4.78 is 5.42. The molecule has 1 fully saturated rings. The molecule has 5 nitrogen and oxygen atoms in total. The highest BCUT2D eigenvalue weighted by molar-refractivity contribution is 5.80. The number of nitrogens with zero attached hydrogens (tertiary/aromatic N) is 2. The standard InChI is InChI=1S/C19H28N4O/c1-20-19(22-18-7-2-3-8-18)21-14-16-5-4-6-17(13-16)15-23-9-11-24-12-10-23/h2-6,13,18H,7-12,14-15H2,1H3,(H2,20,21,22). The molecule has 0 amide bonds. The topological polar surface area (TPSA) is 48.9 Å². The molecular weight excluding hydrogens is 300 g/mol. The fraction of sp³-hybridized carbons (Fsp3) is 0.526. The van der Waals surface area contributed by atoms with Crippen LogP contribution in [0.2, 0.25) is 0 Å². The number of hydrogen-bond donors (Lipinski definition) is 2. The first kappa shape index (κ1) is 17.0. The van der Waals surface area contributed by atoms with E-state index in [0.29, 0.717) is 6.04 Å². The Bertz CT molecular complexity index is 570. The minimum atomic E-state index is 0.476. The first-order valence-electron chi connectivity index (χ1n) is 8.83. The third-order valence-electron chi connectivity index (χ3n) is 4.53. The van der Waals surface area contributed by atoms with Gasteiger partial charge >= 0.3 is 0 Å². The number of guanidine groups is 1. The molecule has 1 heterocycles. The first-order valence-corrected chi connectivity index (χ1v) is 8.83. The van der Waals surface area contributed by atoms with Gasteiger partial charge in [-0.25, -0.2) is 0 Å². The molecule has 0 unspecified atom stereocenters. The molecule has 1 aromatic carbocycles. The summed E-state index contributed by atoms with van der Waals surface area (Å²) in [4.78, 5) is 6.78. The Balaban J connectivity index is 1.49. The van der Waals surface area contributed by atoms with Gasteiger partial charge in [0.2, 0.25) is 0 Å². The van der Waals surface area contributed by atoms with Crippen molar-refractivity contribution in [2.24, 2.45) is 4.99 Å². The van der Waals surface area contributed by atoms with Gasteiger partial charge in [0, 0.05) is 39.3 Å². The fourth-order valence-corrected chi connectivity index (χ4v) is 3.16. The third-order valence-corrected chi connectivity index (χ3v) is 4.53. The number of benzene rings is 1. The molecule has 1 saturated heterocycles. The van der Waals surface area contributed by atoms with Crippen LogP contribution < -0.4 is 10.6 Å². The average Bonchev–Trinajstić information content (AvgIpc) is 3.13. The van der Waals surface area contributed by atoms with Crippen LogP contribution in [0, 0.1) is 0 Å². The normalized spacial score (nSPS) is 19.6. The molecule has 0 bridgehead atoms. The van der Waals surface area contributed by atoms with Crippen LogP contribution in [0.1, 0.15) is 24.0 Å². The van der Waals surface area contributed by atoms with Crippen LogP contribution in [0.3, 0.4) is 0 Å². The highest BCUT2D eigenvalue weighted by atomic mass is 16.5. The van der Waals surface area contributed by atoms with E-state index in [2.05, 4.69) is 56.9 Å². The number of hydrogen-bond acceptors (Lipinski definition) is 3. The second-order valence-electron chi connectivity index (χ2n) is 6.42. The molecule has 3 rings (SSSR count). The molecule has 5 heteroatoms. The Morgan fingerprint density at radius 1 is 1.21 bits per heavy atom. The number of aliphatic imine (C=N–C) groups is 1. The minimum Gasteiger partial charge on any atom is -0.379 e. The van der Waals surface area contributed by atoms with Gasteiger partial charge < -0.3 is 15.4 Å². The van der Waals surface area contributed by atoms with Gasteiger partial charge in [0.05, 0.1) is 13.2 Å². The van der Waals surface area contributed by atoms with Gasteiger partial charge in [-0.05, 0) is 24.0 Å². The lowest BCUT2D eigenvalue weighted by molar-refractivity contribution is 0.0342. The van der Waals surface area contributed by atoms with E-state index >= 15 is 0 Å². The zero-order chi connectivity index (χ0) is 16.6. The molecule has 0 saturated carbocycles. The summed E-state index contributed by atoms with van der Waals surface area (Å²) >= 11 is 0. The zero-order valence-electron chi connectivity index (χ0n) is 14.5. The SMILES string of the molecule is CN=C(NCc1cccc(CN2CCOCC2)c1)NC1CC=CC1. The van der Waals surface area contributed by atoms with E-state index in [1.54, 1.807) is 0 Å². The Hall–Kier alpha value is -1.85. The monoisotopic (exact) mass is 328 g/mol. The molecule has 24 heavy (non-hydrogen) atoms. The fourth-order valence-electron chi connectivity index (χ4n) is 3.16. The molecule has 0 aromatic heterocycles. The van der Waals surface area contributed by atoms with Gasteiger partial charge in [-0.3, -0.25) is 9.89 Å². The van der Waals surface area contributed by atoms with Crippen LogP contribution in [0.15, 0.2) is 41.4 Å². The zero-order valence-corrected chi connectivity index (χ0v) is 14.5. The lowest BCUT2D eigenvalue weighted by atomic mass is 10.1. The van der Waals surface area contributed by atoms with Gasteiger partial charge in [-0.2, -0.15) is 0 Å². The van der Waals surface area contributed by atoms with Crippen molar-refractivity contribution in [3.05, 3.63) is 47.5 Å². The number of rotatable bonds is 5. The van der Waals surface area contributed by atoms with Gasteiger partial charge in [0.25, 0.3) is 0 Å². The molecule has 130 valence electrons.